The quantitative estimate of drug-likeness (QED) is 0.904. The van der Waals surface area contributed by atoms with E-state index in [0.29, 0.717) is 6.42 Å². The summed E-state index contributed by atoms with van der Waals surface area (Å²) in [4.78, 5) is 13.8. The molecule has 0 radical (unpaired) electrons. The number of rotatable bonds is 5. The lowest BCUT2D eigenvalue weighted by molar-refractivity contribution is -0.118. The molecule has 22 heavy (non-hydrogen) atoms. The highest BCUT2D eigenvalue weighted by Crippen LogP contribution is 2.28. The second kappa shape index (κ2) is 6.79. The second-order valence-electron chi connectivity index (χ2n) is 5.91. The molecule has 6 heteroatoms. The predicted molar refractivity (Wildman–Crippen MR) is 87.5 cm³/mol. The summed E-state index contributed by atoms with van der Waals surface area (Å²) in [6, 6.07) is 4.93. The summed E-state index contributed by atoms with van der Waals surface area (Å²) >= 11 is 0. The summed E-state index contributed by atoms with van der Waals surface area (Å²) < 4.78 is 27.6. The zero-order valence-corrected chi connectivity index (χ0v) is 14.2. The molecule has 1 amide bonds. The molecule has 1 unspecified atom stereocenters. The molecule has 1 aromatic carbocycles. The number of nitrogens with one attached hydrogen (secondary N) is 1. The van der Waals surface area contributed by atoms with Crippen LogP contribution in [0.1, 0.15) is 45.1 Å². The van der Waals surface area contributed by atoms with Crippen molar-refractivity contribution < 1.29 is 13.2 Å². The van der Waals surface area contributed by atoms with E-state index in [0.717, 1.165) is 36.9 Å². The van der Waals surface area contributed by atoms with Crippen molar-refractivity contribution in [1.29, 1.82) is 0 Å². The van der Waals surface area contributed by atoms with Gasteiger partial charge in [-0.15, -0.1) is 0 Å². The molecule has 5 nitrogen and oxygen atoms in total. The molecular formula is C16H24N2O3S. The van der Waals surface area contributed by atoms with E-state index in [9.17, 15) is 13.2 Å². The van der Waals surface area contributed by atoms with Crippen LogP contribution in [-0.2, 0) is 21.2 Å². The molecule has 1 N–H and O–H groups in total. The molecule has 1 heterocycles. The van der Waals surface area contributed by atoms with Gasteiger partial charge in [-0.2, -0.15) is 0 Å². The van der Waals surface area contributed by atoms with Crippen molar-refractivity contribution in [2.24, 2.45) is 0 Å². The van der Waals surface area contributed by atoms with Gasteiger partial charge in [0.15, 0.2) is 0 Å². The number of hydrogen-bond donors (Lipinski definition) is 1. The molecule has 0 bridgehead atoms. The normalized spacial score (nSPS) is 17.0. The molecule has 122 valence electrons. The van der Waals surface area contributed by atoms with Crippen LogP contribution in [0.4, 0.5) is 5.69 Å². The van der Waals surface area contributed by atoms with E-state index in [2.05, 4.69) is 4.72 Å². The van der Waals surface area contributed by atoms with E-state index >= 15 is 0 Å². The predicted octanol–water partition coefficient (Wildman–Crippen LogP) is 2.45. The van der Waals surface area contributed by atoms with Gasteiger partial charge in [-0.3, -0.25) is 4.79 Å². The summed E-state index contributed by atoms with van der Waals surface area (Å²) in [5, 5.41) is 0. The third-order valence-corrected chi connectivity index (χ3v) is 5.60. The minimum absolute atomic E-state index is 0.0732. The van der Waals surface area contributed by atoms with Crippen LogP contribution in [0, 0.1) is 0 Å². The summed E-state index contributed by atoms with van der Waals surface area (Å²) in [6.45, 7) is 3.90. The topological polar surface area (TPSA) is 66.5 Å². The Balaban J connectivity index is 2.31. The zero-order chi connectivity index (χ0) is 16.3. The monoisotopic (exact) mass is 324 g/mol. The highest BCUT2D eigenvalue weighted by molar-refractivity contribution is 7.89. The van der Waals surface area contributed by atoms with Gasteiger partial charge in [0.05, 0.1) is 4.90 Å². The summed E-state index contributed by atoms with van der Waals surface area (Å²) in [5.74, 6) is 0.0732. The van der Waals surface area contributed by atoms with Crippen molar-refractivity contribution in [3.05, 3.63) is 23.8 Å². The Morgan fingerprint density at radius 1 is 1.32 bits per heavy atom. The number of benzene rings is 1. The fraction of sp³-hybridized carbons (Fsp3) is 0.562. The first-order valence-corrected chi connectivity index (χ1v) is 9.25. The number of amides is 1. The fourth-order valence-corrected chi connectivity index (χ4v) is 4.14. The Morgan fingerprint density at radius 2 is 2.05 bits per heavy atom. The second-order valence-corrected chi connectivity index (χ2v) is 7.62. The maximum Gasteiger partial charge on any atom is 0.240 e. The van der Waals surface area contributed by atoms with Gasteiger partial charge in [-0.05, 0) is 49.9 Å². The van der Waals surface area contributed by atoms with Gasteiger partial charge in [-0.25, -0.2) is 13.1 Å². The van der Waals surface area contributed by atoms with E-state index in [4.69, 9.17) is 0 Å². The number of fused-ring (bicyclic) bond motifs is 1. The Bertz CT molecular complexity index is 655. The van der Waals surface area contributed by atoms with Crippen LogP contribution < -0.4 is 9.62 Å². The summed E-state index contributed by atoms with van der Waals surface area (Å²) in [5.41, 5.74) is 1.72. The van der Waals surface area contributed by atoms with E-state index in [-0.39, 0.29) is 16.8 Å². The molecule has 0 spiro atoms. The Hall–Kier alpha value is -1.40. The maximum absolute atomic E-state index is 12.4. The van der Waals surface area contributed by atoms with Crippen molar-refractivity contribution >= 4 is 21.6 Å². The maximum atomic E-state index is 12.4. The molecule has 0 saturated heterocycles. The van der Waals surface area contributed by atoms with Crippen molar-refractivity contribution in [3.8, 4) is 0 Å². The SMILES string of the molecule is CCCC(C)NS(=O)(=O)c1ccc2c(c1)CCCC(=O)N2C. The lowest BCUT2D eigenvalue weighted by Gasteiger charge is -2.19. The van der Waals surface area contributed by atoms with Crippen LogP contribution in [0.2, 0.25) is 0 Å². The standard InChI is InChI=1S/C16H24N2O3S/c1-4-6-12(2)17-22(20,21)14-9-10-15-13(11-14)7-5-8-16(19)18(15)3/h9-12,17H,4-8H2,1-3H3. The first-order chi connectivity index (χ1) is 10.3. The van der Waals surface area contributed by atoms with Crippen LogP contribution in [0.5, 0.6) is 0 Å². The number of anilines is 1. The summed E-state index contributed by atoms with van der Waals surface area (Å²) in [7, 11) is -1.77. The third-order valence-electron chi connectivity index (χ3n) is 4.01. The van der Waals surface area contributed by atoms with E-state index < -0.39 is 10.0 Å². The highest BCUT2D eigenvalue weighted by Gasteiger charge is 2.22. The first kappa shape index (κ1) is 17.0. The van der Waals surface area contributed by atoms with Gasteiger partial charge in [0.1, 0.15) is 0 Å². The number of nitrogens with zero attached hydrogens (tertiary/aromatic N) is 1. The molecule has 1 aliphatic heterocycles. The minimum atomic E-state index is -3.51. The zero-order valence-electron chi connectivity index (χ0n) is 13.4. The lowest BCUT2D eigenvalue weighted by atomic mass is 10.1. The van der Waals surface area contributed by atoms with Gasteiger partial charge in [0.2, 0.25) is 15.9 Å². The Kier molecular flexibility index (Phi) is 5.24. The van der Waals surface area contributed by atoms with Crippen LogP contribution >= 0.6 is 0 Å². The van der Waals surface area contributed by atoms with Gasteiger partial charge in [0.25, 0.3) is 0 Å². The van der Waals surface area contributed by atoms with Crippen LogP contribution in [-0.4, -0.2) is 27.4 Å². The van der Waals surface area contributed by atoms with Gasteiger partial charge < -0.3 is 4.90 Å². The summed E-state index contributed by atoms with van der Waals surface area (Å²) in [6.07, 6.45) is 3.71. The first-order valence-electron chi connectivity index (χ1n) is 7.77. The Labute approximate surface area is 132 Å². The third kappa shape index (κ3) is 3.67. The molecule has 1 atom stereocenters. The molecular weight excluding hydrogens is 300 g/mol. The molecule has 0 saturated carbocycles. The highest BCUT2D eigenvalue weighted by atomic mass is 32.2. The number of carbonyl (C=O) groups excluding carboxylic acids is 1. The van der Waals surface area contributed by atoms with E-state index in [1.54, 1.807) is 30.1 Å². The van der Waals surface area contributed by atoms with Gasteiger partial charge >= 0.3 is 0 Å². The molecule has 2 rings (SSSR count). The van der Waals surface area contributed by atoms with Crippen molar-refractivity contribution in [2.75, 3.05) is 11.9 Å². The van der Waals surface area contributed by atoms with Crippen molar-refractivity contribution in [2.45, 2.75) is 56.9 Å². The molecule has 0 aliphatic carbocycles. The fourth-order valence-electron chi connectivity index (χ4n) is 2.81. The van der Waals surface area contributed by atoms with Crippen LogP contribution in [0.3, 0.4) is 0 Å². The average Bonchev–Trinajstić information content (AvgIpc) is 2.58. The van der Waals surface area contributed by atoms with Crippen molar-refractivity contribution in [1.82, 2.24) is 4.72 Å². The largest absolute Gasteiger partial charge is 0.315 e. The number of hydrogen-bond acceptors (Lipinski definition) is 3. The van der Waals surface area contributed by atoms with E-state index in [1.165, 1.54) is 0 Å². The average molecular weight is 324 g/mol. The molecule has 0 fully saturated rings. The molecule has 1 aliphatic rings. The van der Waals surface area contributed by atoms with Gasteiger partial charge in [-0.1, -0.05) is 13.3 Å². The molecule has 0 aromatic heterocycles. The van der Waals surface area contributed by atoms with Crippen LogP contribution in [0.15, 0.2) is 23.1 Å². The number of carbonyl (C=O) groups is 1. The van der Waals surface area contributed by atoms with Crippen LogP contribution in [0.25, 0.3) is 0 Å². The molecule has 1 aromatic rings. The van der Waals surface area contributed by atoms with Gasteiger partial charge in [0, 0.05) is 25.2 Å². The minimum Gasteiger partial charge on any atom is -0.315 e. The Morgan fingerprint density at radius 3 is 2.73 bits per heavy atom. The lowest BCUT2D eigenvalue weighted by Crippen LogP contribution is -2.32. The van der Waals surface area contributed by atoms with Crippen molar-refractivity contribution in [3.63, 3.8) is 0 Å². The van der Waals surface area contributed by atoms with E-state index in [1.807, 2.05) is 13.8 Å². The number of sulfonamides is 1. The smallest absolute Gasteiger partial charge is 0.240 e. The number of aryl methyl sites for hydroxylation is 1.